The highest BCUT2D eigenvalue weighted by Crippen LogP contribution is 2.13. The molecule has 0 unspecified atom stereocenters. The fraction of sp³-hybridized carbons (Fsp3) is 0.250. The zero-order valence-electron chi connectivity index (χ0n) is 12.6. The van der Waals surface area contributed by atoms with E-state index in [0.717, 1.165) is 0 Å². The number of hydrogen-bond donors (Lipinski definition) is 1. The SMILES string of the molecule is CCOC(=O)/C(=C\N1CCC(=O)NC1=S)C(=O)c1ccccc1. The van der Waals surface area contributed by atoms with Gasteiger partial charge in [0, 0.05) is 24.7 Å². The molecule has 6 nitrogen and oxygen atoms in total. The van der Waals surface area contributed by atoms with Crippen LogP contribution < -0.4 is 5.32 Å². The van der Waals surface area contributed by atoms with Crippen LogP contribution in [0.2, 0.25) is 0 Å². The van der Waals surface area contributed by atoms with Gasteiger partial charge in [-0.1, -0.05) is 30.3 Å². The highest BCUT2D eigenvalue weighted by Gasteiger charge is 2.25. The fourth-order valence-corrected chi connectivity index (χ4v) is 2.27. The van der Waals surface area contributed by atoms with Gasteiger partial charge < -0.3 is 15.0 Å². The Hall–Kier alpha value is -2.54. The molecule has 0 bridgehead atoms. The van der Waals surface area contributed by atoms with Gasteiger partial charge in [-0.25, -0.2) is 4.79 Å². The predicted molar refractivity (Wildman–Crippen MR) is 87.6 cm³/mol. The first kappa shape index (κ1) is 16.8. The maximum absolute atomic E-state index is 12.6. The molecule has 120 valence electrons. The minimum atomic E-state index is -0.721. The Balaban J connectivity index is 2.32. The summed E-state index contributed by atoms with van der Waals surface area (Å²) in [6.45, 7) is 2.11. The average molecular weight is 332 g/mol. The number of rotatable bonds is 5. The second-order valence-electron chi connectivity index (χ2n) is 4.76. The van der Waals surface area contributed by atoms with E-state index >= 15 is 0 Å². The van der Waals surface area contributed by atoms with Crippen LogP contribution in [-0.4, -0.2) is 40.8 Å². The van der Waals surface area contributed by atoms with Crippen molar-refractivity contribution in [2.45, 2.75) is 13.3 Å². The van der Waals surface area contributed by atoms with Gasteiger partial charge in [-0.2, -0.15) is 0 Å². The maximum atomic E-state index is 12.6. The normalized spacial score (nSPS) is 15.2. The first-order valence-corrected chi connectivity index (χ1v) is 7.53. The van der Waals surface area contributed by atoms with Gasteiger partial charge in [0.15, 0.2) is 5.11 Å². The molecule has 0 saturated carbocycles. The zero-order valence-corrected chi connectivity index (χ0v) is 13.4. The molecule has 2 rings (SSSR count). The molecule has 23 heavy (non-hydrogen) atoms. The summed E-state index contributed by atoms with van der Waals surface area (Å²) >= 11 is 5.06. The van der Waals surface area contributed by atoms with E-state index in [2.05, 4.69) is 5.32 Å². The molecule has 1 saturated heterocycles. The van der Waals surface area contributed by atoms with Crippen LogP contribution in [0, 0.1) is 0 Å². The molecule has 1 heterocycles. The number of thiocarbonyl (C=S) groups is 1. The smallest absolute Gasteiger partial charge is 0.343 e. The molecule has 1 aromatic rings. The van der Waals surface area contributed by atoms with Crippen molar-refractivity contribution in [3.63, 3.8) is 0 Å². The van der Waals surface area contributed by atoms with Crippen molar-refractivity contribution < 1.29 is 19.1 Å². The molecule has 7 heteroatoms. The lowest BCUT2D eigenvalue weighted by molar-refractivity contribution is -0.138. The number of nitrogens with one attached hydrogen (secondary N) is 1. The molecule has 0 aliphatic carbocycles. The van der Waals surface area contributed by atoms with Gasteiger partial charge in [0.2, 0.25) is 11.7 Å². The lowest BCUT2D eigenvalue weighted by atomic mass is 10.0. The highest BCUT2D eigenvalue weighted by molar-refractivity contribution is 7.80. The first-order valence-electron chi connectivity index (χ1n) is 7.12. The van der Waals surface area contributed by atoms with Crippen LogP contribution in [0.25, 0.3) is 0 Å². The van der Waals surface area contributed by atoms with E-state index in [0.29, 0.717) is 12.1 Å². The molecule has 1 N–H and O–H groups in total. The summed E-state index contributed by atoms with van der Waals surface area (Å²) < 4.78 is 4.96. The number of carbonyl (C=O) groups is 3. The number of Topliss-reactive ketones (excluding diaryl/α,β-unsaturated/α-hetero) is 1. The minimum Gasteiger partial charge on any atom is -0.462 e. The summed E-state index contributed by atoms with van der Waals surface area (Å²) in [5.74, 6) is -1.36. The van der Waals surface area contributed by atoms with Crippen molar-refractivity contribution in [3.05, 3.63) is 47.7 Å². The summed E-state index contributed by atoms with van der Waals surface area (Å²) in [5.41, 5.74) is 0.246. The predicted octanol–water partition coefficient (Wildman–Crippen LogP) is 1.42. The Morgan fingerprint density at radius 2 is 2.04 bits per heavy atom. The van der Waals surface area contributed by atoms with Gasteiger partial charge in [0.05, 0.1) is 6.61 Å². The third-order valence-electron chi connectivity index (χ3n) is 3.15. The second-order valence-corrected chi connectivity index (χ2v) is 5.14. The number of amides is 1. The highest BCUT2D eigenvalue weighted by atomic mass is 32.1. The lowest BCUT2D eigenvalue weighted by Crippen LogP contribution is -2.47. The van der Waals surface area contributed by atoms with Crippen LogP contribution in [0.3, 0.4) is 0 Å². The molecule has 0 radical (unpaired) electrons. The molecule has 0 aromatic heterocycles. The van der Waals surface area contributed by atoms with Gasteiger partial charge >= 0.3 is 5.97 Å². The molecule has 1 aromatic carbocycles. The molecule has 0 atom stereocenters. The summed E-state index contributed by atoms with van der Waals surface area (Å²) in [4.78, 5) is 37.5. The van der Waals surface area contributed by atoms with Crippen molar-refractivity contribution in [1.82, 2.24) is 10.2 Å². The van der Waals surface area contributed by atoms with E-state index in [9.17, 15) is 14.4 Å². The monoisotopic (exact) mass is 332 g/mol. The summed E-state index contributed by atoms with van der Waals surface area (Å²) in [5, 5.41) is 2.65. The van der Waals surface area contributed by atoms with Crippen LogP contribution in [0.5, 0.6) is 0 Å². The first-order chi connectivity index (χ1) is 11.0. The molecule has 1 aliphatic heterocycles. The third-order valence-corrected chi connectivity index (χ3v) is 3.48. The Morgan fingerprint density at radius 3 is 2.65 bits per heavy atom. The molecular formula is C16H16N2O4S. The van der Waals surface area contributed by atoms with Gasteiger partial charge in [-0.15, -0.1) is 0 Å². The number of esters is 1. The number of carbonyl (C=O) groups excluding carboxylic acids is 3. The van der Waals surface area contributed by atoms with Crippen LogP contribution >= 0.6 is 12.2 Å². The number of hydrogen-bond acceptors (Lipinski definition) is 5. The number of ether oxygens (including phenoxy) is 1. The van der Waals surface area contributed by atoms with Gasteiger partial charge in [-0.3, -0.25) is 9.59 Å². The van der Waals surface area contributed by atoms with Crippen molar-refractivity contribution in [2.75, 3.05) is 13.2 Å². The van der Waals surface area contributed by atoms with Crippen LogP contribution in [0.15, 0.2) is 42.1 Å². The second kappa shape index (κ2) is 7.64. The Labute approximate surface area is 139 Å². The molecule has 1 fully saturated rings. The fourth-order valence-electron chi connectivity index (χ4n) is 2.01. The number of ketones is 1. The van der Waals surface area contributed by atoms with Crippen LogP contribution in [-0.2, 0) is 14.3 Å². The van der Waals surface area contributed by atoms with Crippen molar-refractivity contribution in [2.24, 2.45) is 0 Å². The summed E-state index contributed by atoms with van der Waals surface area (Å²) in [6, 6.07) is 8.43. The number of benzene rings is 1. The molecule has 0 spiro atoms. The molecule has 1 amide bonds. The topological polar surface area (TPSA) is 75.7 Å². The summed E-state index contributed by atoms with van der Waals surface area (Å²) in [6.07, 6.45) is 1.57. The Morgan fingerprint density at radius 1 is 1.35 bits per heavy atom. The van der Waals surface area contributed by atoms with Gasteiger partial charge in [0.25, 0.3) is 0 Å². The van der Waals surface area contributed by atoms with Gasteiger partial charge in [-0.05, 0) is 19.1 Å². The lowest BCUT2D eigenvalue weighted by Gasteiger charge is -2.26. The van der Waals surface area contributed by atoms with Crippen LogP contribution in [0.4, 0.5) is 0 Å². The van der Waals surface area contributed by atoms with E-state index in [-0.39, 0.29) is 29.6 Å². The zero-order chi connectivity index (χ0) is 16.8. The minimum absolute atomic E-state index is 0.128. The Bertz CT molecular complexity index is 670. The van der Waals surface area contributed by atoms with E-state index in [1.54, 1.807) is 37.3 Å². The van der Waals surface area contributed by atoms with Crippen molar-refractivity contribution >= 4 is 35.0 Å². The van der Waals surface area contributed by atoms with Gasteiger partial charge in [0.1, 0.15) is 5.57 Å². The van der Waals surface area contributed by atoms with E-state index in [1.807, 2.05) is 0 Å². The number of nitrogens with zero attached hydrogens (tertiary/aromatic N) is 1. The largest absolute Gasteiger partial charge is 0.462 e. The molecule has 1 aliphatic rings. The standard InChI is InChI=1S/C16H16N2O4S/c1-2-22-15(21)12(14(20)11-6-4-3-5-7-11)10-18-9-8-13(19)17-16(18)23/h3-7,10H,2,8-9H2,1H3,(H,17,19,23)/b12-10-. The molecular weight excluding hydrogens is 316 g/mol. The van der Waals surface area contributed by atoms with Crippen LogP contribution in [0.1, 0.15) is 23.7 Å². The average Bonchev–Trinajstić information content (AvgIpc) is 2.54. The summed E-state index contributed by atoms with van der Waals surface area (Å²) in [7, 11) is 0. The van der Waals surface area contributed by atoms with E-state index in [1.165, 1.54) is 11.1 Å². The maximum Gasteiger partial charge on any atom is 0.343 e. The van der Waals surface area contributed by atoms with Crippen molar-refractivity contribution in [3.8, 4) is 0 Å². The third kappa shape index (κ3) is 4.23. The Kier molecular flexibility index (Phi) is 5.59. The quantitative estimate of drug-likeness (QED) is 0.219. The van der Waals surface area contributed by atoms with E-state index in [4.69, 9.17) is 17.0 Å². The van der Waals surface area contributed by atoms with E-state index < -0.39 is 11.8 Å². The van der Waals surface area contributed by atoms with Crippen molar-refractivity contribution in [1.29, 1.82) is 0 Å².